The van der Waals surface area contributed by atoms with Crippen molar-refractivity contribution in [2.45, 2.75) is 6.54 Å². The van der Waals surface area contributed by atoms with E-state index in [0.717, 1.165) is 22.4 Å². The fraction of sp³-hybridized carbons (Fsp3) is 0.167. The molecule has 0 atom stereocenters. The van der Waals surface area contributed by atoms with Crippen LogP contribution in [0.3, 0.4) is 0 Å². The maximum absolute atomic E-state index is 12.4. The molecule has 0 unspecified atom stereocenters. The van der Waals surface area contributed by atoms with Crippen molar-refractivity contribution in [3.8, 4) is 16.9 Å². The highest BCUT2D eigenvalue weighted by molar-refractivity contribution is 5.96. The van der Waals surface area contributed by atoms with E-state index in [4.69, 9.17) is 4.74 Å². The van der Waals surface area contributed by atoms with E-state index >= 15 is 0 Å². The van der Waals surface area contributed by atoms with Gasteiger partial charge in [-0.2, -0.15) is 0 Å². The van der Waals surface area contributed by atoms with Gasteiger partial charge in [-0.25, -0.2) is 0 Å². The number of rotatable bonds is 7. The van der Waals surface area contributed by atoms with E-state index < -0.39 is 0 Å². The first kappa shape index (κ1) is 20.1. The van der Waals surface area contributed by atoms with Gasteiger partial charge in [0.1, 0.15) is 5.75 Å². The molecule has 0 heterocycles. The van der Waals surface area contributed by atoms with Gasteiger partial charge in [-0.05, 0) is 41.0 Å². The van der Waals surface area contributed by atoms with Gasteiger partial charge in [0.25, 0.3) is 5.91 Å². The highest BCUT2D eigenvalue weighted by Crippen LogP contribution is 2.19. The average Bonchev–Trinajstić information content (AvgIpc) is 2.78. The summed E-state index contributed by atoms with van der Waals surface area (Å²) in [5, 5.41) is 2.69. The molecule has 0 spiro atoms. The standard InChI is InChI=1S/C24H24N2O3/c1-26(17-18-8-14-22(29-2)15-9-18)23(27)16-25-24(28)21-12-10-20(11-13-21)19-6-4-3-5-7-19/h3-15H,16-17H2,1-2H3,(H,25,28). The summed E-state index contributed by atoms with van der Waals surface area (Å²) < 4.78 is 5.13. The Hall–Kier alpha value is -3.60. The highest BCUT2D eigenvalue weighted by atomic mass is 16.5. The normalized spacial score (nSPS) is 10.3. The number of methoxy groups -OCH3 is 1. The number of hydrogen-bond acceptors (Lipinski definition) is 3. The van der Waals surface area contributed by atoms with Crippen LogP contribution in [0.2, 0.25) is 0 Å². The number of nitrogens with zero attached hydrogens (tertiary/aromatic N) is 1. The first-order valence-electron chi connectivity index (χ1n) is 9.37. The molecule has 5 heteroatoms. The Kier molecular flexibility index (Phi) is 6.63. The minimum Gasteiger partial charge on any atom is -0.497 e. The van der Waals surface area contributed by atoms with Gasteiger partial charge < -0.3 is 15.0 Å². The lowest BCUT2D eigenvalue weighted by molar-refractivity contribution is -0.129. The van der Waals surface area contributed by atoms with E-state index in [-0.39, 0.29) is 18.4 Å². The van der Waals surface area contributed by atoms with Crippen LogP contribution in [0, 0.1) is 0 Å². The van der Waals surface area contributed by atoms with Crippen LogP contribution in [0.15, 0.2) is 78.9 Å². The van der Waals surface area contributed by atoms with Crippen molar-refractivity contribution >= 4 is 11.8 Å². The molecule has 0 aliphatic heterocycles. The third-order valence-electron chi connectivity index (χ3n) is 4.66. The third-order valence-corrected chi connectivity index (χ3v) is 4.66. The predicted molar refractivity (Wildman–Crippen MR) is 114 cm³/mol. The Morgan fingerprint density at radius 3 is 2.10 bits per heavy atom. The van der Waals surface area contributed by atoms with Crippen molar-refractivity contribution in [2.75, 3.05) is 20.7 Å². The molecule has 0 radical (unpaired) electrons. The van der Waals surface area contributed by atoms with E-state index in [1.54, 1.807) is 31.2 Å². The van der Waals surface area contributed by atoms with Crippen molar-refractivity contribution in [3.05, 3.63) is 90.0 Å². The molecule has 0 aromatic heterocycles. The van der Waals surface area contributed by atoms with Crippen LogP contribution in [-0.2, 0) is 11.3 Å². The number of nitrogens with one attached hydrogen (secondary N) is 1. The van der Waals surface area contributed by atoms with Crippen molar-refractivity contribution in [3.63, 3.8) is 0 Å². The maximum atomic E-state index is 12.4. The smallest absolute Gasteiger partial charge is 0.251 e. The molecule has 3 rings (SSSR count). The van der Waals surface area contributed by atoms with Crippen LogP contribution in [0.1, 0.15) is 15.9 Å². The Bertz CT molecular complexity index is 952. The molecule has 2 amide bonds. The summed E-state index contributed by atoms with van der Waals surface area (Å²) in [6, 6.07) is 24.8. The number of carbonyl (C=O) groups is 2. The monoisotopic (exact) mass is 388 g/mol. The number of benzene rings is 3. The maximum Gasteiger partial charge on any atom is 0.251 e. The molecule has 3 aromatic carbocycles. The second kappa shape index (κ2) is 9.55. The zero-order valence-corrected chi connectivity index (χ0v) is 16.6. The van der Waals surface area contributed by atoms with Crippen molar-refractivity contribution < 1.29 is 14.3 Å². The van der Waals surface area contributed by atoms with Crippen molar-refractivity contribution in [1.29, 1.82) is 0 Å². The Balaban J connectivity index is 1.52. The Morgan fingerprint density at radius 1 is 0.862 bits per heavy atom. The van der Waals surface area contributed by atoms with E-state index in [0.29, 0.717) is 12.1 Å². The second-order valence-electron chi connectivity index (χ2n) is 6.72. The zero-order chi connectivity index (χ0) is 20.6. The average molecular weight is 388 g/mol. The van der Waals surface area contributed by atoms with E-state index in [9.17, 15) is 9.59 Å². The first-order valence-corrected chi connectivity index (χ1v) is 9.37. The lowest BCUT2D eigenvalue weighted by atomic mass is 10.0. The number of carbonyl (C=O) groups excluding carboxylic acids is 2. The third kappa shape index (κ3) is 5.45. The minimum atomic E-state index is -0.268. The first-order chi connectivity index (χ1) is 14.1. The summed E-state index contributed by atoms with van der Waals surface area (Å²) in [7, 11) is 3.33. The molecule has 1 N–H and O–H groups in total. The van der Waals surface area contributed by atoms with Crippen LogP contribution in [0.25, 0.3) is 11.1 Å². The molecule has 0 saturated carbocycles. The largest absolute Gasteiger partial charge is 0.497 e. The van der Waals surface area contributed by atoms with Gasteiger partial charge in [0.2, 0.25) is 5.91 Å². The van der Waals surface area contributed by atoms with Crippen LogP contribution >= 0.6 is 0 Å². The molecular formula is C24H24N2O3. The lowest BCUT2D eigenvalue weighted by Gasteiger charge is -2.18. The molecule has 29 heavy (non-hydrogen) atoms. The molecular weight excluding hydrogens is 364 g/mol. The van der Waals surface area contributed by atoms with Gasteiger partial charge in [-0.3, -0.25) is 9.59 Å². The summed E-state index contributed by atoms with van der Waals surface area (Å²) in [6.45, 7) is 0.413. The molecule has 0 fully saturated rings. The molecule has 148 valence electrons. The van der Waals surface area contributed by atoms with Gasteiger partial charge in [-0.1, -0.05) is 54.6 Å². The quantitative estimate of drug-likeness (QED) is 0.671. The summed E-state index contributed by atoms with van der Waals surface area (Å²) in [5.74, 6) is 0.346. The highest BCUT2D eigenvalue weighted by Gasteiger charge is 2.12. The Morgan fingerprint density at radius 2 is 1.48 bits per heavy atom. The fourth-order valence-electron chi connectivity index (χ4n) is 2.93. The second-order valence-corrected chi connectivity index (χ2v) is 6.72. The molecule has 3 aromatic rings. The predicted octanol–water partition coefficient (Wildman–Crippen LogP) is 3.75. The van der Waals surface area contributed by atoms with E-state index in [1.807, 2.05) is 66.7 Å². The number of amides is 2. The van der Waals surface area contributed by atoms with Gasteiger partial charge in [0.15, 0.2) is 0 Å². The lowest BCUT2D eigenvalue weighted by Crippen LogP contribution is -2.37. The van der Waals surface area contributed by atoms with E-state index in [2.05, 4.69) is 5.32 Å². The molecule has 0 aliphatic carbocycles. The molecule has 0 aliphatic rings. The van der Waals surface area contributed by atoms with Crippen LogP contribution in [0.5, 0.6) is 5.75 Å². The van der Waals surface area contributed by atoms with Gasteiger partial charge in [0, 0.05) is 19.2 Å². The summed E-state index contributed by atoms with van der Waals surface area (Å²) in [5.41, 5.74) is 3.65. The topological polar surface area (TPSA) is 58.6 Å². The molecule has 0 bridgehead atoms. The number of ether oxygens (including phenoxy) is 1. The van der Waals surface area contributed by atoms with Crippen LogP contribution in [-0.4, -0.2) is 37.4 Å². The van der Waals surface area contributed by atoms with Crippen molar-refractivity contribution in [2.24, 2.45) is 0 Å². The van der Waals surface area contributed by atoms with Gasteiger partial charge >= 0.3 is 0 Å². The number of likely N-dealkylation sites (N-methyl/N-ethyl adjacent to an activating group) is 1. The number of hydrogen-bond donors (Lipinski definition) is 1. The Labute approximate surface area is 170 Å². The van der Waals surface area contributed by atoms with Gasteiger partial charge in [0.05, 0.1) is 13.7 Å². The molecule has 0 saturated heterocycles. The van der Waals surface area contributed by atoms with Crippen LogP contribution < -0.4 is 10.1 Å². The fourth-order valence-corrected chi connectivity index (χ4v) is 2.93. The SMILES string of the molecule is COc1ccc(CN(C)C(=O)CNC(=O)c2ccc(-c3ccccc3)cc2)cc1. The van der Waals surface area contributed by atoms with Crippen LogP contribution in [0.4, 0.5) is 0 Å². The minimum absolute atomic E-state index is 0.0497. The van der Waals surface area contributed by atoms with E-state index in [1.165, 1.54) is 0 Å². The van der Waals surface area contributed by atoms with Gasteiger partial charge in [-0.15, -0.1) is 0 Å². The summed E-state index contributed by atoms with van der Waals surface area (Å²) in [4.78, 5) is 26.3. The summed E-state index contributed by atoms with van der Waals surface area (Å²) >= 11 is 0. The summed E-state index contributed by atoms with van der Waals surface area (Å²) in [6.07, 6.45) is 0. The van der Waals surface area contributed by atoms with Crippen molar-refractivity contribution in [1.82, 2.24) is 10.2 Å². The zero-order valence-electron chi connectivity index (χ0n) is 16.6. The molecule has 5 nitrogen and oxygen atoms in total.